The molecule has 0 bridgehead atoms. The van der Waals surface area contributed by atoms with Crippen molar-refractivity contribution in [3.63, 3.8) is 0 Å². The van der Waals surface area contributed by atoms with Crippen LogP contribution in [0.5, 0.6) is 0 Å². The van der Waals surface area contributed by atoms with Crippen molar-refractivity contribution in [1.29, 1.82) is 31.6 Å². The summed E-state index contributed by atoms with van der Waals surface area (Å²) in [4.78, 5) is 6.19. The van der Waals surface area contributed by atoms with Crippen LogP contribution in [0.2, 0.25) is 0 Å². The number of hydrogen-bond donors (Lipinski definition) is 4. The summed E-state index contributed by atoms with van der Waals surface area (Å²) in [5.74, 6) is 0. The third-order valence-electron chi connectivity index (χ3n) is 1.19. The molecule has 22 N–H and O–H groups in total. The van der Waals surface area contributed by atoms with E-state index in [4.69, 9.17) is 31.6 Å². The van der Waals surface area contributed by atoms with Crippen LogP contribution >= 0.6 is 0 Å². The molecule has 0 saturated heterocycles. The van der Waals surface area contributed by atoms with Gasteiger partial charge in [-0.05, 0) is 0 Å². The van der Waals surface area contributed by atoms with Crippen LogP contribution in [0.3, 0.4) is 0 Å². The van der Waals surface area contributed by atoms with Crippen molar-refractivity contribution in [3.05, 3.63) is 0 Å². The summed E-state index contributed by atoms with van der Waals surface area (Å²) >= 11 is 0. The summed E-state index contributed by atoms with van der Waals surface area (Å²) in [6, 6.07) is 0. The second-order valence-electron chi connectivity index (χ2n) is 1.80. The molecule has 0 heterocycles. The molecule has 0 aromatic heterocycles. The summed E-state index contributed by atoms with van der Waals surface area (Å²) in [6.45, 7) is 0. The molecule has 0 spiro atoms. The van der Waals surface area contributed by atoms with E-state index >= 15 is 0 Å². The molecule has 0 atom stereocenters. The monoisotopic (exact) mass is 338 g/mol. The fourth-order valence-electron chi connectivity index (χ4n) is 0.265. The van der Waals surface area contributed by atoms with Crippen molar-refractivity contribution in [2.75, 3.05) is 0 Å². The van der Waals surface area contributed by atoms with Gasteiger partial charge >= 0.3 is 72.1 Å². The molecule has 122 valence electrons. The van der Waals surface area contributed by atoms with Gasteiger partial charge in [0.1, 0.15) is 0 Å². The Balaban J connectivity index is -0.0000000343. The van der Waals surface area contributed by atoms with Gasteiger partial charge in [-0.15, -0.1) is 0 Å². The van der Waals surface area contributed by atoms with Crippen molar-refractivity contribution in [3.8, 4) is 29.8 Å². The van der Waals surface area contributed by atoms with Gasteiger partial charge in [0.05, 0.1) is 0 Å². The van der Waals surface area contributed by atoms with Gasteiger partial charge in [0.15, 0.2) is 0 Å². The van der Waals surface area contributed by atoms with Crippen molar-refractivity contribution >= 4 is 0 Å². The average Bonchev–Trinajstić information content (AvgIpc) is 2.26. The Kier molecular flexibility index (Phi) is 30.1. The molecule has 14 heteroatoms. The van der Waals surface area contributed by atoms with Gasteiger partial charge in [0.2, 0.25) is 0 Å². The molecule has 0 rings (SSSR count). The minimum atomic E-state index is -6.17. The van der Waals surface area contributed by atoms with Gasteiger partial charge in [-0.3, -0.25) is 0 Å². The third-order valence-corrected chi connectivity index (χ3v) is 4.89. The molecule has 0 unspecified atom stereocenters. The standard InChI is InChI=1S/6CN.Fe.4H3N.3H2O/c6*1-2;;;;;;;;/h;;;;;;;4*1H3;3*1H2/q;;;;;;-4;;;;;;;/p+4. The van der Waals surface area contributed by atoms with Crippen LogP contribution in [-0.2, 0) is 10.7 Å². The number of rotatable bonds is 0. The van der Waals surface area contributed by atoms with Crippen LogP contribution in [0, 0.1) is 61.4 Å². The minimum absolute atomic E-state index is 0. The quantitative estimate of drug-likeness (QED) is 0.405. The van der Waals surface area contributed by atoms with Crippen LogP contribution in [0.25, 0.3) is 0 Å². The first-order valence-corrected chi connectivity index (χ1v) is 5.71. The predicted molar refractivity (Wildman–Crippen MR) is 68.5 cm³/mol. The van der Waals surface area contributed by atoms with E-state index in [0.29, 0.717) is 0 Å². The van der Waals surface area contributed by atoms with E-state index < -0.39 is 10.7 Å². The Morgan fingerprint density at radius 1 is 0.400 bits per heavy atom. The molecule has 0 aromatic rings. The summed E-state index contributed by atoms with van der Waals surface area (Å²) in [6.07, 6.45) is 0. The van der Waals surface area contributed by atoms with Crippen LogP contribution < -0.4 is 24.6 Å². The Morgan fingerprint density at radius 2 is 0.500 bits per heavy atom. The maximum Gasteiger partial charge on any atom is -0.369 e. The van der Waals surface area contributed by atoms with Crippen molar-refractivity contribution in [1.82, 2.24) is 24.6 Å². The summed E-state index contributed by atoms with van der Waals surface area (Å²) in [7, 11) is -6.17. The van der Waals surface area contributed by atoms with E-state index in [2.05, 4.69) is 0 Å². The molecule has 0 aromatic carbocycles. The molecule has 0 amide bonds. The molecule has 0 fully saturated rings. The first kappa shape index (κ1) is 53.4. The molecule has 13 nitrogen and oxygen atoms in total. The van der Waals surface area contributed by atoms with Crippen LogP contribution in [-0.4, -0.2) is 16.4 Å². The number of hydrogen-bond acceptors (Lipinski definition) is 6. The maximum absolute atomic E-state index is 8.58. The summed E-state index contributed by atoms with van der Waals surface area (Å²) < 4.78 is 0. The molecular weight excluding hydrogens is 316 g/mol. The van der Waals surface area contributed by atoms with E-state index in [1.807, 2.05) is 0 Å². The second kappa shape index (κ2) is 11.3. The summed E-state index contributed by atoms with van der Waals surface area (Å²) in [5, 5.41) is 51.5. The average molecular weight is 338 g/mol. The molecule has 20 heavy (non-hydrogen) atoms. The zero-order chi connectivity index (χ0) is 10.7. The Labute approximate surface area is 114 Å². The van der Waals surface area contributed by atoms with Gasteiger partial charge in [0, 0.05) is 0 Å². The zero-order valence-corrected chi connectivity index (χ0v) is 12.6. The second-order valence-corrected chi connectivity index (χ2v) is 7.42. The SMILES string of the molecule is N#[C][Fe-4]([C]#N)([C]#N)([C]#N)([C]#N)[C]#N.O.O.O.[NH4+].[NH4+].[NH4+].[NH4+]. The first-order valence-electron chi connectivity index (χ1n) is 2.40. The Hall–Kier alpha value is -2.82. The number of quaternary nitrogens is 4. The summed E-state index contributed by atoms with van der Waals surface area (Å²) in [5.41, 5.74) is 0. The smallest absolute Gasteiger partial charge is 0.369 e. The van der Waals surface area contributed by atoms with Crippen LogP contribution in [0.15, 0.2) is 0 Å². The zero-order valence-electron chi connectivity index (χ0n) is 11.5. The Bertz CT molecular complexity index is 403. The molecule has 0 aliphatic rings. The topological polar surface area (TPSA) is 383 Å². The normalized spacial score (nSPS) is 8.70. The van der Waals surface area contributed by atoms with Crippen molar-refractivity contribution in [2.45, 2.75) is 0 Å². The number of nitrogens with zero attached hydrogens (tertiary/aromatic N) is 6. The van der Waals surface area contributed by atoms with E-state index in [-0.39, 0.29) is 41.0 Å². The van der Waals surface area contributed by atoms with Gasteiger partial charge < -0.3 is 41.0 Å². The molecule has 0 aliphatic heterocycles. The first-order chi connectivity index (χ1) is 5.97. The molecule has 0 saturated carbocycles. The molecular formula is C6H22FeN10O3. The van der Waals surface area contributed by atoms with E-state index in [1.165, 1.54) is 0 Å². The van der Waals surface area contributed by atoms with E-state index in [1.54, 1.807) is 0 Å². The van der Waals surface area contributed by atoms with Gasteiger partial charge in [-0.25, -0.2) is 0 Å². The Morgan fingerprint density at radius 3 is 0.500 bits per heavy atom. The number of nitriles is 6. The van der Waals surface area contributed by atoms with Gasteiger partial charge in [-0.1, -0.05) is 0 Å². The van der Waals surface area contributed by atoms with Gasteiger partial charge in [-0.2, -0.15) is 0 Å². The van der Waals surface area contributed by atoms with Crippen LogP contribution in [0.4, 0.5) is 0 Å². The predicted octanol–water partition coefficient (Wildman–Crippen LogP) is -0.871. The fourth-order valence-corrected chi connectivity index (χ4v) is 1.09. The van der Waals surface area contributed by atoms with Crippen molar-refractivity contribution < 1.29 is 27.2 Å². The molecule has 0 aliphatic carbocycles. The van der Waals surface area contributed by atoms with E-state index in [9.17, 15) is 0 Å². The van der Waals surface area contributed by atoms with Crippen LogP contribution in [0.1, 0.15) is 0 Å². The maximum atomic E-state index is 8.58. The van der Waals surface area contributed by atoms with E-state index in [0.717, 1.165) is 29.8 Å². The minimum Gasteiger partial charge on any atom is -0.412 e. The fraction of sp³-hybridized carbons (Fsp3) is 0. The molecule has 0 radical (unpaired) electrons. The largest absolute Gasteiger partial charge is 0.412 e. The van der Waals surface area contributed by atoms with Crippen molar-refractivity contribution in [2.24, 2.45) is 0 Å². The third kappa shape index (κ3) is 4.13. The van der Waals surface area contributed by atoms with Gasteiger partial charge in [0.25, 0.3) is 0 Å².